The third-order valence-electron chi connectivity index (χ3n) is 3.81. The molecular formula is C22H26O4. The fraction of sp³-hybridized carbons (Fsp3) is 0.318. The Morgan fingerprint density at radius 3 is 2.46 bits per heavy atom. The van der Waals surface area contributed by atoms with Gasteiger partial charge in [-0.25, -0.2) is 4.79 Å². The summed E-state index contributed by atoms with van der Waals surface area (Å²) in [6.45, 7) is 6.83. The molecule has 0 aliphatic heterocycles. The Morgan fingerprint density at radius 2 is 1.81 bits per heavy atom. The van der Waals surface area contributed by atoms with E-state index in [-0.39, 0.29) is 5.97 Å². The van der Waals surface area contributed by atoms with Gasteiger partial charge in [-0.1, -0.05) is 42.8 Å². The summed E-state index contributed by atoms with van der Waals surface area (Å²) < 4.78 is 16.3. The summed E-state index contributed by atoms with van der Waals surface area (Å²) in [6.07, 6.45) is 2.45. The number of hydrogen-bond donors (Lipinski definition) is 0. The summed E-state index contributed by atoms with van der Waals surface area (Å²) in [4.78, 5) is 12.1. The van der Waals surface area contributed by atoms with Crippen molar-refractivity contribution in [2.45, 2.75) is 27.2 Å². The average molecular weight is 354 g/mol. The quantitative estimate of drug-likeness (QED) is 0.505. The first-order valence-corrected chi connectivity index (χ1v) is 8.85. The highest BCUT2D eigenvalue weighted by Gasteiger charge is 2.13. The Bertz CT molecular complexity index is 777. The van der Waals surface area contributed by atoms with Gasteiger partial charge in [0.2, 0.25) is 0 Å². The van der Waals surface area contributed by atoms with Crippen molar-refractivity contribution in [3.63, 3.8) is 0 Å². The van der Waals surface area contributed by atoms with E-state index >= 15 is 0 Å². The van der Waals surface area contributed by atoms with Crippen LogP contribution in [0.4, 0.5) is 0 Å². The fourth-order valence-corrected chi connectivity index (χ4v) is 2.61. The standard InChI is InChI=1S/C22H26O4/c1-5-12-26-20-11-10-18(14-21(20)24-4)19(15-22(23)25-6-2)17-9-7-8-16(3)13-17/h7-11,13-15H,5-6,12H2,1-4H3. The maximum atomic E-state index is 12.1. The van der Waals surface area contributed by atoms with Gasteiger partial charge in [-0.2, -0.15) is 0 Å². The van der Waals surface area contributed by atoms with Crippen LogP contribution >= 0.6 is 0 Å². The number of rotatable bonds is 8. The van der Waals surface area contributed by atoms with Crippen molar-refractivity contribution in [1.82, 2.24) is 0 Å². The highest BCUT2D eigenvalue weighted by atomic mass is 16.5. The fourth-order valence-electron chi connectivity index (χ4n) is 2.61. The molecule has 0 aromatic heterocycles. The second-order valence-corrected chi connectivity index (χ2v) is 5.89. The smallest absolute Gasteiger partial charge is 0.331 e. The molecule has 0 bridgehead atoms. The Balaban J connectivity index is 2.49. The Labute approximate surface area is 155 Å². The van der Waals surface area contributed by atoms with Gasteiger partial charge >= 0.3 is 5.97 Å². The Hall–Kier alpha value is -2.75. The van der Waals surface area contributed by atoms with Gasteiger partial charge in [0.25, 0.3) is 0 Å². The Morgan fingerprint density at radius 1 is 1.04 bits per heavy atom. The second-order valence-electron chi connectivity index (χ2n) is 5.89. The SMILES string of the molecule is CCCOc1ccc(C(=CC(=O)OCC)c2cccc(C)c2)cc1OC. The van der Waals surface area contributed by atoms with Crippen molar-refractivity contribution >= 4 is 11.5 Å². The van der Waals surface area contributed by atoms with Gasteiger partial charge in [0.1, 0.15) is 0 Å². The van der Waals surface area contributed by atoms with E-state index in [1.807, 2.05) is 49.4 Å². The van der Waals surface area contributed by atoms with E-state index in [0.29, 0.717) is 24.7 Å². The summed E-state index contributed by atoms with van der Waals surface area (Å²) in [5.41, 5.74) is 3.71. The van der Waals surface area contributed by atoms with E-state index < -0.39 is 0 Å². The van der Waals surface area contributed by atoms with Crippen LogP contribution in [0.5, 0.6) is 11.5 Å². The van der Waals surface area contributed by atoms with Gasteiger partial charge < -0.3 is 14.2 Å². The number of carbonyl (C=O) groups is 1. The monoisotopic (exact) mass is 354 g/mol. The molecule has 0 spiro atoms. The van der Waals surface area contributed by atoms with Gasteiger partial charge in [-0.05, 0) is 49.1 Å². The topological polar surface area (TPSA) is 44.8 Å². The summed E-state index contributed by atoms with van der Waals surface area (Å²) in [7, 11) is 1.61. The number of aryl methyl sites for hydroxylation is 1. The molecule has 0 unspecified atom stereocenters. The molecule has 2 aromatic carbocycles. The first-order chi connectivity index (χ1) is 12.6. The minimum absolute atomic E-state index is 0.337. The van der Waals surface area contributed by atoms with Crippen molar-refractivity contribution in [2.24, 2.45) is 0 Å². The lowest BCUT2D eigenvalue weighted by Crippen LogP contribution is -2.03. The van der Waals surface area contributed by atoms with Gasteiger partial charge in [0.05, 0.1) is 20.3 Å². The summed E-state index contributed by atoms with van der Waals surface area (Å²) >= 11 is 0. The van der Waals surface area contributed by atoms with Crippen LogP contribution in [-0.2, 0) is 9.53 Å². The van der Waals surface area contributed by atoms with Crippen molar-refractivity contribution in [3.8, 4) is 11.5 Å². The molecule has 0 aliphatic carbocycles. The van der Waals surface area contributed by atoms with Crippen LogP contribution < -0.4 is 9.47 Å². The van der Waals surface area contributed by atoms with Gasteiger partial charge in [0, 0.05) is 6.08 Å². The summed E-state index contributed by atoms with van der Waals surface area (Å²) in [6, 6.07) is 13.7. The molecule has 0 atom stereocenters. The summed E-state index contributed by atoms with van der Waals surface area (Å²) in [5, 5.41) is 0. The third kappa shape index (κ3) is 5.12. The van der Waals surface area contributed by atoms with Crippen LogP contribution in [0.1, 0.15) is 37.0 Å². The Kier molecular flexibility index (Phi) is 7.27. The van der Waals surface area contributed by atoms with Crippen LogP contribution in [-0.4, -0.2) is 26.3 Å². The molecule has 0 heterocycles. The van der Waals surface area contributed by atoms with Crippen LogP contribution in [0.15, 0.2) is 48.5 Å². The molecule has 0 aliphatic rings. The zero-order chi connectivity index (χ0) is 18.9. The first kappa shape index (κ1) is 19.6. The molecule has 0 fully saturated rings. The number of methoxy groups -OCH3 is 1. The normalized spacial score (nSPS) is 11.2. The number of ether oxygens (including phenoxy) is 3. The lowest BCUT2D eigenvalue weighted by atomic mass is 9.96. The molecule has 0 amide bonds. The molecule has 4 nitrogen and oxygen atoms in total. The molecule has 2 aromatic rings. The summed E-state index contributed by atoms with van der Waals surface area (Å²) in [5.74, 6) is 0.963. The zero-order valence-electron chi connectivity index (χ0n) is 15.9. The minimum Gasteiger partial charge on any atom is -0.493 e. The maximum absolute atomic E-state index is 12.1. The molecule has 4 heteroatoms. The highest BCUT2D eigenvalue weighted by molar-refractivity contribution is 5.96. The van der Waals surface area contributed by atoms with Gasteiger partial charge in [0.15, 0.2) is 11.5 Å². The first-order valence-electron chi connectivity index (χ1n) is 8.85. The molecule has 26 heavy (non-hydrogen) atoms. The molecule has 138 valence electrons. The van der Waals surface area contributed by atoms with Crippen LogP contribution in [0.3, 0.4) is 0 Å². The number of carbonyl (C=O) groups excluding carboxylic acids is 1. The van der Waals surface area contributed by atoms with E-state index in [2.05, 4.69) is 6.92 Å². The number of esters is 1. The average Bonchev–Trinajstić information content (AvgIpc) is 2.64. The van der Waals surface area contributed by atoms with Crippen molar-refractivity contribution < 1.29 is 19.0 Å². The van der Waals surface area contributed by atoms with E-state index in [1.54, 1.807) is 14.0 Å². The molecule has 2 rings (SSSR count). The lowest BCUT2D eigenvalue weighted by Gasteiger charge is -2.14. The molecule has 0 N–H and O–H groups in total. The molecule has 0 saturated carbocycles. The molecule has 0 radical (unpaired) electrons. The lowest BCUT2D eigenvalue weighted by molar-refractivity contribution is -0.137. The number of benzene rings is 2. The van der Waals surface area contributed by atoms with Crippen LogP contribution in [0.2, 0.25) is 0 Å². The van der Waals surface area contributed by atoms with Crippen LogP contribution in [0, 0.1) is 6.92 Å². The third-order valence-corrected chi connectivity index (χ3v) is 3.81. The van der Waals surface area contributed by atoms with Gasteiger partial charge in [-0.15, -0.1) is 0 Å². The van der Waals surface area contributed by atoms with Gasteiger partial charge in [-0.3, -0.25) is 0 Å². The maximum Gasteiger partial charge on any atom is 0.331 e. The van der Waals surface area contributed by atoms with Crippen LogP contribution in [0.25, 0.3) is 5.57 Å². The predicted octanol–water partition coefficient (Wildman–Crippen LogP) is 4.79. The van der Waals surface area contributed by atoms with Crippen molar-refractivity contribution in [3.05, 3.63) is 65.2 Å². The van der Waals surface area contributed by atoms with E-state index in [9.17, 15) is 4.79 Å². The van der Waals surface area contributed by atoms with E-state index in [1.165, 1.54) is 6.08 Å². The zero-order valence-corrected chi connectivity index (χ0v) is 15.9. The van der Waals surface area contributed by atoms with E-state index in [4.69, 9.17) is 14.2 Å². The highest BCUT2D eigenvalue weighted by Crippen LogP contribution is 2.33. The second kappa shape index (κ2) is 9.66. The largest absolute Gasteiger partial charge is 0.493 e. The molecular weight excluding hydrogens is 328 g/mol. The van der Waals surface area contributed by atoms with Crippen molar-refractivity contribution in [2.75, 3.05) is 20.3 Å². The minimum atomic E-state index is -0.366. The van der Waals surface area contributed by atoms with E-state index in [0.717, 1.165) is 28.7 Å². The molecule has 0 saturated heterocycles. The number of hydrogen-bond acceptors (Lipinski definition) is 4. The van der Waals surface area contributed by atoms with Crippen molar-refractivity contribution in [1.29, 1.82) is 0 Å². The predicted molar refractivity (Wildman–Crippen MR) is 104 cm³/mol.